The van der Waals surface area contributed by atoms with Gasteiger partial charge in [-0.2, -0.15) is 0 Å². The lowest BCUT2D eigenvalue weighted by Gasteiger charge is -2.17. The van der Waals surface area contributed by atoms with Gasteiger partial charge in [-0.05, 0) is 50.2 Å². The Hall–Kier alpha value is -3.67. The molecule has 1 N–H and O–H groups in total. The lowest BCUT2D eigenvalue weighted by atomic mass is 10.2. The number of benzene rings is 2. The van der Waals surface area contributed by atoms with Gasteiger partial charge in [-0.1, -0.05) is 29.8 Å². The first kappa shape index (κ1) is 19.6. The lowest BCUT2D eigenvalue weighted by molar-refractivity contribution is 0.0937. The van der Waals surface area contributed by atoms with Gasteiger partial charge in [0, 0.05) is 18.0 Å². The van der Waals surface area contributed by atoms with Gasteiger partial charge >= 0.3 is 0 Å². The van der Waals surface area contributed by atoms with Gasteiger partial charge in [-0.3, -0.25) is 9.78 Å². The molecule has 6 nitrogen and oxygen atoms in total. The number of carbonyl (C=O) groups is 1. The van der Waals surface area contributed by atoms with Crippen molar-refractivity contribution in [2.24, 2.45) is 0 Å². The van der Waals surface area contributed by atoms with Crippen molar-refractivity contribution in [2.75, 3.05) is 6.61 Å². The van der Waals surface area contributed by atoms with Gasteiger partial charge in [0.2, 0.25) is 0 Å². The Balaban J connectivity index is 1.53. The second-order valence-corrected chi connectivity index (χ2v) is 7.20. The van der Waals surface area contributed by atoms with Crippen LogP contribution in [0.25, 0.3) is 11.0 Å². The molecule has 1 amide bonds. The number of para-hydroxylation sites is 2. The minimum Gasteiger partial charge on any atom is -0.492 e. The highest BCUT2D eigenvalue weighted by Gasteiger charge is 2.19. The zero-order chi connectivity index (χ0) is 20.9. The summed E-state index contributed by atoms with van der Waals surface area (Å²) in [5.41, 5.74) is 3.68. The first-order chi connectivity index (χ1) is 14.6. The standard InChI is InChI=1S/C24H24N4O2/c1-17-7-9-20(10-8-17)30-16-15-28-22-6-4-3-5-21(22)27-23(28)18(2)26-24(29)19-11-13-25-14-12-19/h3-14,18H,15-16H2,1-2H3,(H,26,29). The number of ether oxygens (including phenoxy) is 1. The van der Waals surface area contributed by atoms with Crippen molar-refractivity contribution in [3.8, 4) is 5.75 Å². The molecule has 0 fully saturated rings. The number of fused-ring (bicyclic) bond motifs is 1. The Bertz CT molecular complexity index is 1140. The summed E-state index contributed by atoms with van der Waals surface area (Å²) < 4.78 is 8.04. The molecule has 0 aliphatic heterocycles. The molecule has 2 heterocycles. The average molecular weight is 400 g/mol. The molecule has 1 atom stereocenters. The van der Waals surface area contributed by atoms with Crippen molar-refractivity contribution >= 4 is 16.9 Å². The molecule has 0 aliphatic carbocycles. The van der Waals surface area contributed by atoms with E-state index in [1.807, 2.05) is 55.5 Å². The number of aryl methyl sites for hydroxylation is 1. The van der Waals surface area contributed by atoms with Crippen molar-refractivity contribution in [3.63, 3.8) is 0 Å². The monoisotopic (exact) mass is 400 g/mol. The molecule has 152 valence electrons. The van der Waals surface area contributed by atoms with Crippen molar-refractivity contribution in [3.05, 3.63) is 90.0 Å². The molecule has 2 aromatic carbocycles. The SMILES string of the molecule is Cc1ccc(OCCn2c(C(C)NC(=O)c3ccncc3)nc3ccccc32)cc1. The van der Waals surface area contributed by atoms with Crippen LogP contribution in [-0.2, 0) is 6.54 Å². The van der Waals surface area contributed by atoms with Crippen LogP contribution in [-0.4, -0.2) is 27.0 Å². The lowest BCUT2D eigenvalue weighted by Crippen LogP contribution is -2.29. The highest BCUT2D eigenvalue weighted by Crippen LogP contribution is 2.21. The normalized spacial score (nSPS) is 11.9. The van der Waals surface area contributed by atoms with Crippen LogP contribution in [0.5, 0.6) is 5.75 Å². The van der Waals surface area contributed by atoms with E-state index in [-0.39, 0.29) is 11.9 Å². The quantitative estimate of drug-likeness (QED) is 0.502. The van der Waals surface area contributed by atoms with E-state index in [1.165, 1.54) is 5.56 Å². The summed E-state index contributed by atoms with van der Waals surface area (Å²) >= 11 is 0. The van der Waals surface area contributed by atoms with E-state index in [0.29, 0.717) is 18.7 Å². The van der Waals surface area contributed by atoms with E-state index in [1.54, 1.807) is 24.5 Å². The topological polar surface area (TPSA) is 69.0 Å². The molecule has 2 aromatic heterocycles. The fourth-order valence-electron chi connectivity index (χ4n) is 3.40. The van der Waals surface area contributed by atoms with Gasteiger partial charge in [0.25, 0.3) is 5.91 Å². The van der Waals surface area contributed by atoms with Gasteiger partial charge in [0.1, 0.15) is 18.2 Å². The smallest absolute Gasteiger partial charge is 0.251 e. The second-order valence-electron chi connectivity index (χ2n) is 7.20. The van der Waals surface area contributed by atoms with Crippen LogP contribution in [0.15, 0.2) is 73.1 Å². The van der Waals surface area contributed by atoms with Crippen LogP contribution in [0.4, 0.5) is 0 Å². The van der Waals surface area contributed by atoms with Crippen molar-refractivity contribution in [1.29, 1.82) is 0 Å². The molecule has 6 heteroatoms. The molecule has 0 radical (unpaired) electrons. The third-order valence-corrected chi connectivity index (χ3v) is 4.97. The van der Waals surface area contributed by atoms with E-state index in [0.717, 1.165) is 22.6 Å². The highest BCUT2D eigenvalue weighted by atomic mass is 16.5. The Morgan fingerprint density at radius 2 is 1.80 bits per heavy atom. The minimum atomic E-state index is -0.266. The summed E-state index contributed by atoms with van der Waals surface area (Å²) in [6, 6.07) is 19.1. The van der Waals surface area contributed by atoms with Crippen molar-refractivity contribution < 1.29 is 9.53 Å². The van der Waals surface area contributed by atoms with Crippen LogP contribution >= 0.6 is 0 Å². The maximum atomic E-state index is 12.6. The molecule has 4 rings (SSSR count). The summed E-state index contributed by atoms with van der Waals surface area (Å²) in [4.78, 5) is 21.3. The molecular weight excluding hydrogens is 376 g/mol. The predicted octanol–water partition coefficient (Wildman–Crippen LogP) is 4.31. The van der Waals surface area contributed by atoms with Crippen LogP contribution in [0, 0.1) is 6.92 Å². The third-order valence-electron chi connectivity index (χ3n) is 4.97. The number of nitrogens with zero attached hydrogens (tertiary/aromatic N) is 3. The van der Waals surface area contributed by atoms with Crippen LogP contribution in [0.1, 0.15) is 34.7 Å². The number of amides is 1. The molecule has 0 saturated carbocycles. The number of imidazole rings is 1. The maximum absolute atomic E-state index is 12.6. The van der Waals surface area contributed by atoms with Crippen LogP contribution in [0.3, 0.4) is 0 Å². The first-order valence-electron chi connectivity index (χ1n) is 9.97. The van der Waals surface area contributed by atoms with Crippen molar-refractivity contribution in [1.82, 2.24) is 19.9 Å². The van der Waals surface area contributed by atoms with Gasteiger partial charge in [0.05, 0.1) is 23.6 Å². The summed E-state index contributed by atoms with van der Waals surface area (Å²) in [5, 5.41) is 3.04. The van der Waals surface area contributed by atoms with Gasteiger partial charge in [-0.25, -0.2) is 4.98 Å². The van der Waals surface area contributed by atoms with Gasteiger partial charge < -0.3 is 14.6 Å². The molecule has 4 aromatic rings. The Labute approximate surface area is 175 Å². The average Bonchev–Trinajstić information content (AvgIpc) is 3.14. The molecule has 0 bridgehead atoms. The summed E-state index contributed by atoms with van der Waals surface area (Å²) in [6.45, 7) is 5.12. The largest absolute Gasteiger partial charge is 0.492 e. The Kier molecular flexibility index (Phi) is 5.75. The number of nitrogens with one attached hydrogen (secondary N) is 1. The number of aromatic nitrogens is 3. The van der Waals surface area contributed by atoms with Crippen LogP contribution < -0.4 is 10.1 Å². The minimum absolute atomic E-state index is 0.153. The predicted molar refractivity (Wildman–Crippen MR) is 117 cm³/mol. The van der Waals surface area contributed by atoms with E-state index < -0.39 is 0 Å². The molecule has 0 aliphatic rings. The fourth-order valence-corrected chi connectivity index (χ4v) is 3.40. The molecule has 30 heavy (non-hydrogen) atoms. The van der Waals surface area contributed by atoms with Gasteiger partial charge in [0.15, 0.2) is 0 Å². The zero-order valence-corrected chi connectivity index (χ0v) is 17.1. The number of rotatable bonds is 7. The number of carbonyl (C=O) groups excluding carboxylic acids is 1. The fraction of sp³-hybridized carbons (Fsp3) is 0.208. The van der Waals surface area contributed by atoms with E-state index in [2.05, 4.69) is 21.8 Å². The Morgan fingerprint density at radius 3 is 2.57 bits per heavy atom. The van der Waals surface area contributed by atoms with E-state index in [4.69, 9.17) is 9.72 Å². The van der Waals surface area contributed by atoms with E-state index in [9.17, 15) is 4.79 Å². The number of hydrogen-bond donors (Lipinski definition) is 1. The van der Waals surface area contributed by atoms with Crippen molar-refractivity contribution in [2.45, 2.75) is 26.4 Å². The highest BCUT2D eigenvalue weighted by molar-refractivity contribution is 5.94. The molecule has 0 spiro atoms. The first-order valence-corrected chi connectivity index (χ1v) is 9.97. The molecular formula is C24H24N4O2. The summed E-state index contributed by atoms with van der Waals surface area (Å²) in [5.74, 6) is 1.48. The van der Waals surface area contributed by atoms with Gasteiger partial charge in [-0.15, -0.1) is 0 Å². The summed E-state index contributed by atoms with van der Waals surface area (Å²) in [6.07, 6.45) is 3.22. The van der Waals surface area contributed by atoms with Crippen LogP contribution in [0.2, 0.25) is 0 Å². The maximum Gasteiger partial charge on any atom is 0.251 e. The zero-order valence-electron chi connectivity index (χ0n) is 17.1. The third kappa shape index (κ3) is 4.33. The summed E-state index contributed by atoms with van der Waals surface area (Å²) in [7, 11) is 0. The van der Waals surface area contributed by atoms with E-state index >= 15 is 0 Å². The second kappa shape index (κ2) is 8.78. The molecule has 1 unspecified atom stereocenters. The number of hydrogen-bond acceptors (Lipinski definition) is 4. The molecule has 0 saturated heterocycles. The number of pyridine rings is 1. The Morgan fingerprint density at radius 1 is 1.07 bits per heavy atom.